The molecular formula is C19H15F3N2O3. The van der Waals surface area contributed by atoms with Crippen LogP contribution in [0, 0.1) is 5.82 Å². The van der Waals surface area contributed by atoms with E-state index in [9.17, 15) is 23.1 Å². The Morgan fingerprint density at radius 3 is 2.30 bits per heavy atom. The minimum absolute atomic E-state index is 0.0328. The molecule has 3 aromatic rings. The number of aromatic nitrogens is 2. The molecule has 0 aliphatic carbocycles. The summed E-state index contributed by atoms with van der Waals surface area (Å²) in [6, 6.07) is 13.9. The summed E-state index contributed by atoms with van der Waals surface area (Å²) in [5.41, 5.74) is 1.06. The summed E-state index contributed by atoms with van der Waals surface area (Å²) in [7, 11) is 0. The predicted molar refractivity (Wildman–Crippen MR) is 91.9 cm³/mol. The highest BCUT2D eigenvalue weighted by Gasteiger charge is 2.12. The summed E-state index contributed by atoms with van der Waals surface area (Å²) in [5, 5.41) is 14.5. The predicted octanol–water partition coefficient (Wildman–Crippen LogP) is 3.38. The van der Waals surface area contributed by atoms with Crippen molar-refractivity contribution >= 4 is 0 Å². The molecule has 1 heterocycles. The normalized spacial score (nSPS) is 12.2. The van der Waals surface area contributed by atoms with Crippen LogP contribution in [0.5, 0.6) is 5.75 Å². The van der Waals surface area contributed by atoms with Gasteiger partial charge in [-0.3, -0.25) is 4.79 Å². The molecule has 3 rings (SSSR count). The van der Waals surface area contributed by atoms with Crippen LogP contribution in [-0.4, -0.2) is 21.5 Å². The molecule has 0 bridgehead atoms. The van der Waals surface area contributed by atoms with E-state index in [2.05, 4.69) is 9.84 Å². The Balaban J connectivity index is 1.79. The Labute approximate surface area is 152 Å². The molecule has 0 unspecified atom stereocenters. The van der Waals surface area contributed by atoms with E-state index >= 15 is 0 Å². The molecule has 8 heteroatoms. The van der Waals surface area contributed by atoms with Crippen molar-refractivity contribution in [3.63, 3.8) is 0 Å². The highest BCUT2D eigenvalue weighted by Crippen LogP contribution is 2.21. The third-order valence-corrected chi connectivity index (χ3v) is 3.84. The van der Waals surface area contributed by atoms with Crippen molar-refractivity contribution in [2.24, 2.45) is 0 Å². The fraction of sp³-hybridized carbons (Fsp3) is 0.158. The van der Waals surface area contributed by atoms with Gasteiger partial charge in [0.05, 0.1) is 18.3 Å². The van der Waals surface area contributed by atoms with Gasteiger partial charge in [-0.1, -0.05) is 12.1 Å². The highest BCUT2D eigenvalue weighted by atomic mass is 19.3. The monoisotopic (exact) mass is 376 g/mol. The van der Waals surface area contributed by atoms with Crippen LogP contribution in [0.25, 0.3) is 11.3 Å². The Kier molecular flexibility index (Phi) is 5.56. The zero-order valence-corrected chi connectivity index (χ0v) is 13.9. The zero-order chi connectivity index (χ0) is 19.4. The van der Waals surface area contributed by atoms with Crippen molar-refractivity contribution in [3.8, 4) is 17.0 Å². The third-order valence-electron chi connectivity index (χ3n) is 3.84. The van der Waals surface area contributed by atoms with Gasteiger partial charge >= 0.3 is 6.61 Å². The van der Waals surface area contributed by atoms with E-state index in [0.717, 1.165) is 4.68 Å². The molecule has 1 atom stereocenters. The van der Waals surface area contributed by atoms with Crippen molar-refractivity contribution in [1.82, 2.24) is 9.78 Å². The molecule has 0 spiro atoms. The fourth-order valence-corrected chi connectivity index (χ4v) is 2.49. The molecule has 2 aromatic carbocycles. The first kappa shape index (κ1) is 18.7. The van der Waals surface area contributed by atoms with E-state index in [4.69, 9.17) is 0 Å². The lowest BCUT2D eigenvalue weighted by molar-refractivity contribution is -0.0498. The average molecular weight is 376 g/mol. The largest absolute Gasteiger partial charge is 0.435 e. The molecule has 0 saturated heterocycles. The number of hydrogen-bond acceptors (Lipinski definition) is 4. The number of halogens is 3. The molecule has 0 fully saturated rings. The minimum atomic E-state index is -2.93. The van der Waals surface area contributed by atoms with Gasteiger partial charge in [0.1, 0.15) is 11.6 Å². The van der Waals surface area contributed by atoms with Crippen molar-refractivity contribution in [2.75, 3.05) is 0 Å². The second kappa shape index (κ2) is 8.05. The van der Waals surface area contributed by atoms with Gasteiger partial charge in [0.25, 0.3) is 5.56 Å². The molecule has 1 aromatic heterocycles. The lowest BCUT2D eigenvalue weighted by Crippen LogP contribution is -2.25. The number of hydrogen-bond donors (Lipinski definition) is 1. The maximum Gasteiger partial charge on any atom is 0.387 e. The van der Waals surface area contributed by atoms with Crippen LogP contribution >= 0.6 is 0 Å². The lowest BCUT2D eigenvalue weighted by Gasteiger charge is -2.14. The number of nitrogens with zero attached hydrogens (tertiary/aromatic N) is 2. The number of aliphatic hydroxyl groups excluding tert-OH is 1. The smallest absolute Gasteiger partial charge is 0.387 e. The van der Waals surface area contributed by atoms with Crippen LogP contribution in [0.2, 0.25) is 0 Å². The molecule has 5 nitrogen and oxygen atoms in total. The number of benzene rings is 2. The molecule has 27 heavy (non-hydrogen) atoms. The molecule has 1 N–H and O–H groups in total. The van der Waals surface area contributed by atoms with E-state index in [1.165, 1.54) is 60.7 Å². The quantitative estimate of drug-likeness (QED) is 0.716. The Hall–Kier alpha value is -3.13. The van der Waals surface area contributed by atoms with E-state index in [0.29, 0.717) is 16.8 Å². The van der Waals surface area contributed by atoms with Crippen LogP contribution in [-0.2, 0) is 6.54 Å². The first-order valence-electron chi connectivity index (χ1n) is 7.99. The Morgan fingerprint density at radius 1 is 1.00 bits per heavy atom. The van der Waals surface area contributed by atoms with Crippen molar-refractivity contribution in [3.05, 3.63) is 82.4 Å². The van der Waals surface area contributed by atoms with Gasteiger partial charge in [0.15, 0.2) is 0 Å². The summed E-state index contributed by atoms with van der Waals surface area (Å²) < 4.78 is 42.7. The van der Waals surface area contributed by atoms with Crippen LogP contribution < -0.4 is 10.3 Å². The van der Waals surface area contributed by atoms with Gasteiger partial charge in [0, 0.05) is 11.6 Å². The van der Waals surface area contributed by atoms with Gasteiger partial charge in [-0.25, -0.2) is 9.07 Å². The fourth-order valence-electron chi connectivity index (χ4n) is 2.49. The van der Waals surface area contributed by atoms with Crippen molar-refractivity contribution in [1.29, 1.82) is 0 Å². The molecule has 0 radical (unpaired) electrons. The minimum Gasteiger partial charge on any atom is -0.435 e. The summed E-state index contributed by atoms with van der Waals surface area (Å²) in [4.78, 5) is 12.0. The second-order valence-corrected chi connectivity index (χ2v) is 5.71. The lowest BCUT2D eigenvalue weighted by atomic mass is 10.1. The molecule has 0 aliphatic heterocycles. The summed E-state index contributed by atoms with van der Waals surface area (Å²) in [5.74, 6) is -0.420. The number of aliphatic hydroxyl groups is 1. The standard InChI is InChI=1S/C19H15F3N2O3/c20-14-5-1-12(2-6-14)16-9-10-18(26)24(23-16)11-17(25)13-3-7-15(8-4-13)27-19(21)22/h1-10,17,19,25H,11H2/t17-/m0/s1. The van der Waals surface area contributed by atoms with Crippen LogP contribution in [0.3, 0.4) is 0 Å². The van der Waals surface area contributed by atoms with Gasteiger partial charge in [-0.15, -0.1) is 0 Å². The van der Waals surface area contributed by atoms with E-state index in [1.807, 2.05) is 0 Å². The van der Waals surface area contributed by atoms with Crippen LogP contribution in [0.1, 0.15) is 11.7 Å². The molecule has 140 valence electrons. The second-order valence-electron chi connectivity index (χ2n) is 5.71. The zero-order valence-electron chi connectivity index (χ0n) is 13.9. The maximum atomic E-state index is 13.0. The molecular weight excluding hydrogens is 361 g/mol. The molecule has 0 aliphatic rings. The van der Waals surface area contributed by atoms with Crippen LogP contribution in [0.15, 0.2) is 65.5 Å². The Bertz CT molecular complexity index is 957. The summed E-state index contributed by atoms with van der Waals surface area (Å²) in [6.45, 7) is -3.07. The maximum absolute atomic E-state index is 13.0. The van der Waals surface area contributed by atoms with Crippen molar-refractivity contribution < 1.29 is 23.0 Å². The summed E-state index contributed by atoms with van der Waals surface area (Å²) in [6.07, 6.45) is -1.08. The van der Waals surface area contributed by atoms with Gasteiger partial charge in [-0.05, 0) is 48.0 Å². The topological polar surface area (TPSA) is 64.4 Å². The SMILES string of the molecule is O=c1ccc(-c2ccc(F)cc2)nn1C[C@H](O)c1ccc(OC(F)F)cc1. The van der Waals surface area contributed by atoms with E-state index in [-0.39, 0.29) is 18.1 Å². The first-order valence-corrected chi connectivity index (χ1v) is 7.99. The number of alkyl halides is 2. The Morgan fingerprint density at radius 2 is 1.67 bits per heavy atom. The summed E-state index contributed by atoms with van der Waals surface area (Å²) >= 11 is 0. The third kappa shape index (κ3) is 4.73. The molecule has 0 saturated carbocycles. The van der Waals surface area contributed by atoms with E-state index < -0.39 is 18.3 Å². The van der Waals surface area contributed by atoms with Crippen LogP contribution in [0.4, 0.5) is 13.2 Å². The van der Waals surface area contributed by atoms with Gasteiger partial charge < -0.3 is 9.84 Å². The number of rotatable bonds is 6. The van der Waals surface area contributed by atoms with E-state index in [1.54, 1.807) is 0 Å². The van der Waals surface area contributed by atoms with Gasteiger partial charge in [0.2, 0.25) is 0 Å². The van der Waals surface area contributed by atoms with Crippen molar-refractivity contribution in [2.45, 2.75) is 19.3 Å². The van der Waals surface area contributed by atoms with Gasteiger partial charge in [-0.2, -0.15) is 13.9 Å². The molecule has 0 amide bonds. The first-order chi connectivity index (χ1) is 12.9. The highest BCUT2D eigenvalue weighted by molar-refractivity contribution is 5.57. The number of ether oxygens (including phenoxy) is 1. The average Bonchev–Trinajstić information content (AvgIpc) is 2.64.